The lowest BCUT2D eigenvalue weighted by Crippen LogP contribution is -1.97. The van der Waals surface area contributed by atoms with Crippen LogP contribution in [0.2, 0.25) is 0 Å². The van der Waals surface area contributed by atoms with E-state index < -0.39 is 0 Å². The zero-order chi connectivity index (χ0) is 19.7. The zero-order valence-electron chi connectivity index (χ0n) is 16.1. The summed E-state index contributed by atoms with van der Waals surface area (Å²) in [6.45, 7) is 6.09. The maximum Gasteiger partial charge on any atom is 0.126 e. The molecule has 0 aliphatic heterocycles. The molecule has 1 aromatic heterocycles. The number of aryl methyl sites for hydroxylation is 1. The van der Waals surface area contributed by atoms with E-state index in [1.54, 1.807) is 24.9 Å². The minimum Gasteiger partial charge on any atom is -0.330 e. The van der Waals surface area contributed by atoms with Gasteiger partial charge in [0.05, 0.1) is 17.4 Å². The molecule has 0 saturated carbocycles. The first-order chi connectivity index (χ1) is 13.5. The number of fused-ring (bicyclic) bond motifs is 1. The molecule has 3 aromatic carbocycles. The standard InChI is InChI=1S/C23H22FN3S/c1-15(2)28-26-20-7-4-17(5-8-20)18-6-11-23-19(13-18)14-25-27(23)21-9-10-22(24)16(3)12-21/h4-15,26H,1-3H3. The summed E-state index contributed by atoms with van der Waals surface area (Å²) < 4.78 is 18.8. The van der Waals surface area contributed by atoms with Gasteiger partial charge in [0.15, 0.2) is 0 Å². The van der Waals surface area contributed by atoms with Gasteiger partial charge in [-0.15, -0.1) is 0 Å². The minimum atomic E-state index is -0.202. The van der Waals surface area contributed by atoms with Gasteiger partial charge in [0.25, 0.3) is 0 Å². The van der Waals surface area contributed by atoms with Crippen molar-refractivity contribution in [2.24, 2.45) is 0 Å². The van der Waals surface area contributed by atoms with E-state index in [4.69, 9.17) is 0 Å². The predicted octanol–water partition coefficient (Wildman–Crippen LogP) is 6.61. The molecule has 0 aliphatic carbocycles. The molecule has 1 N–H and O–H groups in total. The first kappa shape index (κ1) is 18.6. The average Bonchev–Trinajstić information content (AvgIpc) is 3.12. The van der Waals surface area contributed by atoms with E-state index in [0.717, 1.165) is 33.4 Å². The summed E-state index contributed by atoms with van der Waals surface area (Å²) >= 11 is 1.71. The summed E-state index contributed by atoms with van der Waals surface area (Å²) in [7, 11) is 0. The summed E-state index contributed by atoms with van der Waals surface area (Å²) in [5, 5.41) is 6.09. The Bertz CT molecular complexity index is 1120. The number of anilines is 1. The molecule has 28 heavy (non-hydrogen) atoms. The summed E-state index contributed by atoms with van der Waals surface area (Å²) in [6, 6.07) is 19.8. The topological polar surface area (TPSA) is 29.9 Å². The molecule has 0 bridgehead atoms. The fourth-order valence-electron chi connectivity index (χ4n) is 3.10. The monoisotopic (exact) mass is 391 g/mol. The van der Waals surface area contributed by atoms with Crippen molar-refractivity contribution in [2.75, 3.05) is 4.72 Å². The van der Waals surface area contributed by atoms with Crippen LogP contribution in [0.4, 0.5) is 10.1 Å². The Hall–Kier alpha value is -2.79. The lowest BCUT2D eigenvalue weighted by Gasteiger charge is -2.09. The van der Waals surface area contributed by atoms with Crippen LogP contribution >= 0.6 is 11.9 Å². The van der Waals surface area contributed by atoms with Crippen LogP contribution in [-0.2, 0) is 0 Å². The van der Waals surface area contributed by atoms with Crippen molar-refractivity contribution in [1.29, 1.82) is 0 Å². The molecule has 4 rings (SSSR count). The van der Waals surface area contributed by atoms with Crippen LogP contribution in [0.15, 0.2) is 66.9 Å². The Morgan fingerprint density at radius 2 is 1.71 bits per heavy atom. The first-order valence-corrected chi connectivity index (χ1v) is 10.2. The highest BCUT2D eigenvalue weighted by molar-refractivity contribution is 8.01. The van der Waals surface area contributed by atoms with E-state index in [-0.39, 0.29) is 5.82 Å². The number of nitrogens with zero attached hydrogens (tertiary/aromatic N) is 2. The number of nitrogens with one attached hydrogen (secondary N) is 1. The number of benzene rings is 3. The largest absolute Gasteiger partial charge is 0.330 e. The van der Waals surface area contributed by atoms with Gasteiger partial charge in [0.2, 0.25) is 0 Å². The minimum absolute atomic E-state index is 0.202. The molecule has 0 saturated heterocycles. The van der Waals surface area contributed by atoms with Crippen LogP contribution in [0, 0.1) is 12.7 Å². The quantitative estimate of drug-likeness (QED) is 0.388. The number of aromatic nitrogens is 2. The molecule has 0 spiro atoms. The van der Waals surface area contributed by atoms with Gasteiger partial charge < -0.3 is 4.72 Å². The molecule has 0 radical (unpaired) electrons. The molecule has 0 aliphatic rings. The molecule has 142 valence electrons. The van der Waals surface area contributed by atoms with E-state index in [2.05, 4.69) is 66.1 Å². The molecular weight excluding hydrogens is 369 g/mol. The van der Waals surface area contributed by atoms with E-state index in [0.29, 0.717) is 10.8 Å². The van der Waals surface area contributed by atoms with Gasteiger partial charge >= 0.3 is 0 Å². The van der Waals surface area contributed by atoms with Crippen molar-refractivity contribution >= 4 is 28.5 Å². The second-order valence-electron chi connectivity index (χ2n) is 7.11. The SMILES string of the molecule is Cc1cc(-n2ncc3cc(-c4ccc(NSC(C)C)cc4)ccc32)ccc1F. The Kier molecular flexibility index (Phi) is 5.09. The van der Waals surface area contributed by atoms with E-state index in [9.17, 15) is 4.39 Å². The van der Waals surface area contributed by atoms with Crippen LogP contribution in [0.25, 0.3) is 27.7 Å². The Morgan fingerprint density at radius 3 is 2.43 bits per heavy atom. The van der Waals surface area contributed by atoms with Crippen molar-refractivity contribution in [2.45, 2.75) is 26.0 Å². The highest BCUT2D eigenvalue weighted by atomic mass is 32.2. The molecule has 0 fully saturated rings. The maximum atomic E-state index is 13.6. The molecule has 4 aromatic rings. The van der Waals surface area contributed by atoms with Gasteiger partial charge in [-0.1, -0.05) is 32.0 Å². The van der Waals surface area contributed by atoms with Crippen molar-refractivity contribution in [3.8, 4) is 16.8 Å². The average molecular weight is 392 g/mol. The highest BCUT2D eigenvalue weighted by Crippen LogP contribution is 2.28. The maximum absolute atomic E-state index is 13.6. The van der Waals surface area contributed by atoms with Crippen LogP contribution in [0.1, 0.15) is 19.4 Å². The normalized spacial score (nSPS) is 11.3. The summed E-state index contributed by atoms with van der Waals surface area (Å²) in [4.78, 5) is 0. The van der Waals surface area contributed by atoms with Crippen LogP contribution in [0.3, 0.4) is 0 Å². The number of rotatable bonds is 5. The third-order valence-electron chi connectivity index (χ3n) is 4.58. The summed E-state index contributed by atoms with van der Waals surface area (Å²) in [5.74, 6) is -0.202. The van der Waals surface area contributed by atoms with Crippen LogP contribution in [-0.4, -0.2) is 15.0 Å². The van der Waals surface area contributed by atoms with Gasteiger partial charge in [-0.3, -0.25) is 0 Å². The molecule has 0 atom stereocenters. The third-order valence-corrected chi connectivity index (χ3v) is 5.41. The molecule has 0 amide bonds. The van der Waals surface area contributed by atoms with Crippen molar-refractivity contribution in [3.05, 3.63) is 78.2 Å². The molecule has 1 heterocycles. The molecule has 0 unspecified atom stereocenters. The van der Waals surface area contributed by atoms with Gasteiger partial charge in [0.1, 0.15) is 5.82 Å². The fraction of sp³-hybridized carbons (Fsp3) is 0.174. The van der Waals surface area contributed by atoms with Crippen molar-refractivity contribution in [3.63, 3.8) is 0 Å². The molecule has 3 nitrogen and oxygen atoms in total. The van der Waals surface area contributed by atoms with Crippen molar-refractivity contribution in [1.82, 2.24) is 9.78 Å². The molecule has 5 heteroatoms. The summed E-state index contributed by atoms with van der Waals surface area (Å²) in [6.07, 6.45) is 1.85. The predicted molar refractivity (Wildman–Crippen MR) is 118 cm³/mol. The Labute approximate surface area is 168 Å². The Morgan fingerprint density at radius 1 is 0.964 bits per heavy atom. The molecular formula is C23H22FN3S. The van der Waals surface area contributed by atoms with Crippen LogP contribution < -0.4 is 4.72 Å². The van der Waals surface area contributed by atoms with Gasteiger partial charge in [0, 0.05) is 16.3 Å². The Balaban J connectivity index is 1.63. The zero-order valence-corrected chi connectivity index (χ0v) is 16.9. The van der Waals surface area contributed by atoms with Crippen molar-refractivity contribution < 1.29 is 4.39 Å². The smallest absolute Gasteiger partial charge is 0.126 e. The van der Waals surface area contributed by atoms with Crippen LogP contribution in [0.5, 0.6) is 0 Å². The van der Waals surface area contributed by atoms with E-state index in [1.807, 2.05) is 16.9 Å². The van der Waals surface area contributed by atoms with Gasteiger partial charge in [-0.05, 0) is 78.0 Å². The van der Waals surface area contributed by atoms with Gasteiger partial charge in [-0.2, -0.15) is 5.10 Å². The fourth-order valence-corrected chi connectivity index (χ4v) is 3.60. The van der Waals surface area contributed by atoms with E-state index in [1.165, 1.54) is 6.07 Å². The van der Waals surface area contributed by atoms with E-state index >= 15 is 0 Å². The lowest BCUT2D eigenvalue weighted by atomic mass is 10.0. The second-order valence-corrected chi connectivity index (χ2v) is 8.49. The summed E-state index contributed by atoms with van der Waals surface area (Å²) in [5.41, 5.74) is 5.88. The first-order valence-electron chi connectivity index (χ1n) is 9.28. The second kappa shape index (κ2) is 7.68. The third kappa shape index (κ3) is 3.76. The highest BCUT2D eigenvalue weighted by Gasteiger charge is 2.08. The number of halogens is 1. The lowest BCUT2D eigenvalue weighted by molar-refractivity contribution is 0.617. The number of hydrogen-bond acceptors (Lipinski definition) is 3. The van der Waals surface area contributed by atoms with Gasteiger partial charge in [-0.25, -0.2) is 9.07 Å². The number of hydrogen-bond donors (Lipinski definition) is 1.